The minimum absolute atomic E-state index is 0.241. The Hall–Kier alpha value is -0.910. The Morgan fingerprint density at radius 1 is 0.944 bits per heavy atom. The summed E-state index contributed by atoms with van der Waals surface area (Å²) < 4.78 is 20.5. The molecule has 5 nitrogen and oxygen atoms in total. The van der Waals surface area contributed by atoms with E-state index >= 15 is 0 Å². The third-order valence-corrected chi connectivity index (χ3v) is 2.02. The van der Waals surface area contributed by atoms with Gasteiger partial charge in [0.15, 0.2) is 0 Å². The molecular weight excluding hydrogens is 236 g/mol. The highest BCUT2D eigenvalue weighted by Crippen LogP contribution is 1.88. The number of ether oxygens (including phenoxy) is 4. The number of carbonyl (C=O) groups is 1. The molecule has 18 heavy (non-hydrogen) atoms. The zero-order valence-electron chi connectivity index (χ0n) is 11.2. The summed E-state index contributed by atoms with van der Waals surface area (Å²) in [6.07, 6.45) is 3.36. The van der Waals surface area contributed by atoms with Crippen molar-refractivity contribution in [2.75, 3.05) is 46.2 Å². The summed E-state index contributed by atoms with van der Waals surface area (Å²) in [5.74, 6) is -0.431. The van der Waals surface area contributed by atoms with Crippen molar-refractivity contribution in [2.45, 2.75) is 19.8 Å². The first-order valence-corrected chi connectivity index (χ1v) is 6.33. The van der Waals surface area contributed by atoms with E-state index in [0.29, 0.717) is 33.0 Å². The maximum Gasteiger partial charge on any atom is 0.330 e. The fraction of sp³-hybridized carbons (Fsp3) is 0.769. The molecule has 0 aliphatic heterocycles. The minimum atomic E-state index is -0.431. The van der Waals surface area contributed by atoms with Crippen molar-refractivity contribution in [1.29, 1.82) is 0 Å². The van der Waals surface area contributed by atoms with Crippen LogP contribution in [0.4, 0.5) is 0 Å². The normalized spacial score (nSPS) is 10.3. The standard InChI is InChI=1S/C13H24O5/c1-3-5-6-15-7-8-16-9-10-17-11-12-18-13(14)4-2/h4H,2-3,5-12H2,1H3. The zero-order valence-corrected chi connectivity index (χ0v) is 11.2. The molecule has 0 atom stereocenters. The first kappa shape index (κ1) is 17.1. The fourth-order valence-electron chi connectivity index (χ4n) is 1.05. The molecule has 0 unspecified atom stereocenters. The second-order valence-corrected chi connectivity index (χ2v) is 3.56. The number of unbranched alkanes of at least 4 members (excludes halogenated alkanes) is 1. The van der Waals surface area contributed by atoms with Crippen molar-refractivity contribution in [3.05, 3.63) is 12.7 Å². The Labute approximate surface area is 109 Å². The second kappa shape index (κ2) is 14.2. The summed E-state index contributed by atoms with van der Waals surface area (Å²) in [5, 5.41) is 0. The topological polar surface area (TPSA) is 54.0 Å². The van der Waals surface area contributed by atoms with E-state index in [1.165, 1.54) is 0 Å². The molecule has 5 heteroatoms. The Morgan fingerprint density at radius 2 is 1.44 bits per heavy atom. The first-order chi connectivity index (χ1) is 8.81. The molecule has 0 aromatic carbocycles. The predicted molar refractivity (Wildman–Crippen MR) is 68.5 cm³/mol. The van der Waals surface area contributed by atoms with Gasteiger partial charge in [-0.1, -0.05) is 19.9 Å². The van der Waals surface area contributed by atoms with E-state index in [9.17, 15) is 4.79 Å². The van der Waals surface area contributed by atoms with Gasteiger partial charge in [-0.25, -0.2) is 4.79 Å². The molecule has 0 aliphatic rings. The lowest BCUT2D eigenvalue weighted by Crippen LogP contribution is -2.13. The number of hydrogen-bond acceptors (Lipinski definition) is 5. The molecule has 0 fully saturated rings. The smallest absolute Gasteiger partial charge is 0.330 e. The Balaban J connectivity index is 2.98. The van der Waals surface area contributed by atoms with Crippen molar-refractivity contribution in [3.63, 3.8) is 0 Å². The molecule has 0 aromatic heterocycles. The summed E-state index contributed by atoms with van der Waals surface area (Å²) in [4.78, 5) is 10.7. The van der Waals surface area contributed by atoms with Gasteiger partial charge in [-0.3, -0.25) is 0 Å². The summed E-state index contributed by atoms with van der Waals surface area (Å²) in [7, 11) is 0. The van der Waals surface area contributed by atoms with Gasteiger partial charge in [0.2, 0.25) is 0 Å². The Bertz CT molecular complexity index is 206. The van der Waals surface area contributed by atoms with Gasteiger partial charge in [-0.2, -0.15) is 0 Å². The largest absolute Gasteiger partial charge is 0.460 e. The highest BCUT2D eigenvalue weighted by molar-refractivity contribution is 5.81. The van der Waals surface area contributed by atoms with Gasteiger partial charge >= 0.3 is 5.97 Å². The van der Waals surface area contributed by atoms with Crippen molar-refractivity contribution >= 4 is 5.97 Å². The van der Waals surface area contributed by atoms with Crippen molar-refractivity contribution in [3.8, 4) is 0 Å². The lowest BCUT2D eigenvalue weighted by Gasteiger charge is -2.06. The van der Waals surface area contributed by atoms with Crippen LogP contribution in [0, 0.1) is 0 Å². The van der Waals surface area contributed by atoms with Crippen LogP contribution < -0.4 is 0 Å². The molecular formula is C13H24O5. The average molecular weight is 260 g/mol. The van der Waals surface area contributed by atoms with Gasteiger partial charge in [0, 0.05) is 12.7 Å². The van der Waals surface area contributed by atoms with Gasteiger partial charge in [-0.15, -0.1) is 0 Å². The molecule has 0 bridgehead atoms. The van der Waals surface area contributed by atoms with Crippen LogP contribution in [0.5, 0.6) is 0 Å². The summed E-state index contributed by atoms with van der Waals surface area (Å²) in [5.41, 5.74) is 0. The minimum Gasteiger partial charge on any atom is -0.460 e. The summed E-state index contributed by atoms with van der Waals surface area (Å²) >= 11 is 0. The van der Waals surface area contributed by atoms with Crippen LogP contribution in [0.3, 0.4) is 0 Å². The van der Waals surface area contributed by atoms with E-state index in [4.69, 9.17) is 18.9 Å². The van der Waals surface area contributed by atoms with Crippen molar-refractivity contribution < 1.29 is 23.7 Å². The molecule has 106 valence electrons. The number of esters is 1. The quantitative estimate of drug-likeness (QED) is 0.286. The Morgan fingerprint density at radius 3 is 1.94 bits per heavy atom. The van der Waals surface area contributed by atoms with E-state index < -0.39 is 5.97 Å². The highest BCUT2D eigenvalue weighted by atomic mass is 16.6. The van der Waals surface area contributed by atoms with Gasteiger partial charge in [0.05, 0.1) is 33.0 Å². The van der Waals surface area contributed by atoms with Crippen LogP contribution in [-0.4, -0.2) is 52.2 Å². The first-order valence-electron chi connectivity index (χ1n) is 6.33. The number of hydrogen-bond donors (Lipinski definition) is 0. The van der Waals surface area contributed by atoms with Crippen molar-refractivity contribution in [1.82, 2.24) is 0 Å². The van der Waals surface area contributed by atoms with E-state index in [1.54, 1.807) is 0 Å². The molecule has 0 heterocycles. The predicted octanol–water partition coefficient (Wildman–Crippen LogP) is 1.57. The maximum absolute atomic E-state index is 10.7. The van der Waals surface area contributed by atoms with Gasteiger partial charge in [-0.05, 0) is 6.42 Å². The van der Waals surface area contributed by atoms with Crippen LogP contribution in [0.1, 0.15) is 19.8 Å². The molecule has 0 saturated heterocycles. The lowest BCUT2D eigenvalue weighted by molar-refractivity contribution is -0.139. The molecule has 0 spiro atoms. The molecule has 0 aliphatic carbocycles. The van der Waals surface area contributed by atoms with Gasteiger partial charge in [0.25, 0.3) is 0 Å². The van der Waals surface area contributed by atoms with E-state index in [2.05, 4.69) is 13.5 Å². The third-order valence-electron chi connectivity index (χ3n) is 2.02. The second-order valence-electron chi connectivity index (χ2n) is 3.56. The SMILES string of the molecule is C=CC(=O)OCCOCCOCCOCCCC. The number of rotatable bonds is 13. The van der Waals surface area contributed by atoms with E-state index in [1.807, 2.05) is 0 Å². The molecule has 0 radical (unpaired) electrons. The maximum atomic E-state index is 10.7. The fourth-order valence-corrected chi connectivity index (χ4v) is 1.05. The number of carbonyl (C=O) groups excluding carboxylic acids is 1. The average Bonchev–Trinajstić information content (AvgIpc) is 2.39. The van der Waals surface area contributed by atoms with Crippen LogP contribution >= 0.6 is 0 Å². The molecule has 0 saturated carbocycles. The lowest BCUT2D eigenvalue weighted by atomic mass is 10.4. The van der Waals surface area contributed by atoms with Gasteiger partial charge < -0.3 is 18.9 Å². The highest BCUT2D eigenvalue weighted by Gasteiger charge is 1.95. The summed E-state index contributed by atoms with van der Waals surface area (Å²) in [6.45, 7) is 9.04. The van der Waals surface area contributed by atoms with Crippen LogP contribution in [0.25, 0.3) is 0 Å². The Kier molecular flexibility index (Phi) is 13.4. The molecule has 0 aromatic rings. The van der Waals surface area contributed by atoms with E-state index in [-0.39, 0.29) is 6.61 Å². The third kappa shape index (κ3) is 13.2. The molecule has 0 rings (SSSR count). The van der Waals surface area contributed by atoms with Crippen LogP contribution in [-0.2, 0) is 23.7 Å². The zero-order chi connectivity index (χ0) is 13.5. The molecule has 0 N–H and O–H groups in total. The summed E-state index contributed by atoms with van der Waals surface area (Å²) in [6, 6.07) is 0. The van der Waals surface area contributed by atoms with Crippen molar-refractivity contribution in [2.24, 2.45) is 0 Å². The monoisotopic (exact) mass is 260 g/mol. The van der Waals surface area contributed by atoms with Crippen LogP contribution in [0.15, 0.2) is 12.7 Å². The van der Waals surface area contributed by atoms with E-state index in [0.717, 1.165) is 25.5 Å². The molecule has 0 amide bonds. The van der Waals surface area contributed by atoms with Crippen LogP contribution in [0.2, 0.25) is 0 Å². The van der Waals surface area contributed by atoms with Gasteiger partial charge in [0.1, 0.15) is 6.61 Å².